The van der Waals surface area contributed by atoms with E-state index >= 15 is 0 Å². The van der Waals surface area contributed by atoms with Gasteiger partial charge in [-0.25, -0.2) is 18.0 Å². The van der Waals surface area contributed by atoms with Gasteiger partial charge in [-0.1, -0.05) is 42.5 Å². The lowest BCUT2D eigenvalue weighted by Gasteiger charge is -2.29. The quantitative estimate of drug-likeness (QED) is 0.177. The van der Waals surface area contributed by atoms with Crippen molar-refractivity contribution >= 4 is 5.97 Å². The van der Waals surface area contributed by atoms with Gasteiger partial charge in [-0.05, 0) is 73.8 Å². The van der Waals surface area contributed by atoms with Crippen molar-refractivity contribution in [3.63, 3.8) is 0 Å². The summed E-state index contributed by atoms with van der Waals surface area (Å²) < 4.78 is 55.4. The number of esters is 1. The van der Waals surface area contributed by atoms with Crippen LogP contribution in [0.4, 0.5) is 13.2 Å². The SMILES string of the molecule is C=CCCOc1ccc(C2CCC(OC(=O)c3ccc(-c4ccc(C(C)O)cc4)c(F)c3F)CC2)c(F)c1. The highest BCUT2D eigenvalue weighted by atomic mass is 19.2. The standard InChI is InChI=1S/C31H31F3O4/c1-3-4-17-37-24-13-14-25(28(32)18-24)21-9-11-23(12-10-21)38-31(36)27-16-15-26(29(33)30(27)34)22-7-5-20(6-8-22)19(2)35/h3,5-8,13-16,18-19,21,23,35H,1,4,9-12,17H2,2H3. The van der Waals surface area contributed by atoms with Crippen LogP contribution in [0.2, 0.25) is 0 Å². The van der Waals surface area contributed by atoms with Gasteiger partial charge in [0, 0.05) is 11.6 Å². The monoisotopic (exact) mass is 524 g/mol. The molecule has 3 aromatic carbocycles. The second kappa shape index (κ2) is 12.3. The van der Waals surface area contributed by atoms with E-state index in [1.54, 1.807) is 49.4 Å². The number of halogens is 3. The Morgan fingerprint density at radius 1 is 1.03 bits per heavy atom. The number of aliphatic hydroxyl groups excluding tert-OH is 1. The molecular formula is C31H31F3O4. The average Bonchev–Trinajstić information content (AvgIpc) is 2.91. The molecule has 1 fully saturated rings. The zero-order chi connectivity index (χ0) is 27.2. The molecule has 1 saturated carbocycles. The van der Waals surface area contributed by atoms with Crippen LogP contribution in [0, 0.1) is 17.5 Å². The number of benzene rings is 3. The number of aliphatic hydroxyl groups is 1. The second-order valence-corrected chi connectivity index (χ2v) is 9.57. The second-order valence-electron chi connectivity index (χ2n) is 9.57. The molecule has 0 spiro atoms. The Balaban J connectivity index is 1.36. The molecule has 0 heterocycles. The minimum absolute atomic E-state index is 0.0100. The highest BCUT2D eigenvalue weighted by molar-refractivity contribution is 5.90. The fourth-order valence-electron chi connectivity index (χ4n) is 4.77. The van der Waals surface area contributed by atoms with Gasteiger partial charge in [-0.2, -0.15) is 0 Å². The Bertz CT molecular complexity index is 1280. The lowest BCUT2D eigenvalue weighted by molar-refractivity contribution is 0.0188. The van der Waals surface area contributed by atoms with Crippen LogP contribution in [0.25, 0.3) is 11.1 Å². The van der Waals surface area contributed by atoms with E-state index in [0.717, 1.165) is 0 Å². The Morgan fingerprint density at radius 2 is 1.74 bits per heavy atom. The number of rotatable bonds is 9. The fraction of sp³-hybridized carbons (Fsp3) is 0.323. The zero-order valence-electron chi connectivity index (χ0n) is 21.3. The van der Waals surface area contributed by atoms with E-state index < -0.39 is 35.4 Å². The molecule has 0 saturated heterocycles. The minimum atomic E-state index is -1.27. The third kappa shape index (κ3) is 6.27. The van der Waals surface area contributed by atoms with Gasteiger partial charge >= 0.3 is 5.97 Å². The van der Waals surface area contributed by atoms with E-state index in [2.05, 4.69) is 6.58 Å². The Morgan fingerprint density at radius 3 is 2.37 bits per heavy atom. The third-order valence-electron chi connectivity index (χ3n) is 6.96. The number of carbonyl (C=O) groups is 1. The van der Waals surface area contributed by atoms with E-state index in [9.17, 15) is 23.1 Å². The summed E-state index contributed by atoms with van der Waals surface area (Å²) in [6, 6.07) is 13.9. The van der Waals surface area contributed by atoms with Crippen molar-refractivity contribution in [1.82, 2.24) is 0 Å². The van der Waals surface area contributed by atoms with Crippen LogP contribution >= 0.6 is 0 Å². The molecule has 0 bridgehead atoms. The van der Waals surface area contributed by atoms with Crippen LogP contribution in [-0.2, 0) is 4.74 Å². The zero-order valence-corrected chi connectivity index (χ0v) is 21.3. The van der Waals surface area contributed by atoms with Crippen molar-refractivity contribution in [2.75, 3.05) is 6.61 Å². The summed E-state index contributed by atoms with van der Waals surface area (Å²) in [5.41, 5.74) is 1.21. The summed E-state index contributed by atoms with van der Waals surface area (Å²) in [6.45, 7) is 5.67. The van der Waals surface area contributed by atoms with Crippen LogP contribution in [0.1, 0.15) is 72.5 Å². The maximum Gasteiger partial charge on any atom is 0.341 e. The van der Waals surface area contributed by atoms with Crippen LogP contribution < -0.4 is 4.74 Å². The molecule has 0 aromatic heterocycles. The number of hydrogen-bond donors (Lipinski definition) is 1. The normalized spacial score (nSPS) is 18.0. The van der Waals surface area contributed by atoms with Crippen molar-refractivity contribution < 1.29 is 32.5 Å². The molecule has 3 aromatic rings. The molecule has 0 amide bonds. The van der Waals surface area contributed by atoms with Gasteiger partial charge < -0.3 is 14.6 Å². The Kier molecular flexibility index (Phi) is 8.89. The first-order chi connectivity index (χ1) is 18.3. The molecule has 0 radical (unpaired) electrons. The van der Waals surface area contributed by atoms with Gasteiger partial charge in [0.05, 0.1) is 18.3 Å². The van der Waals surface area contributed by atoms with Gasteiger partial charge in [0.25, 0.3) is 0 Å². The lowest BCUT2D eigenvalue weighted by Crippen LogP contribution is -2.25. The summed E-state index contributed by atoms with van der Waals surface area (Å²) in [4.78, 5) is 12.7. The topological polar surface area (TPSA) is 55.8 Å². The first kappa shape index (κ1) is 27.5. The molecule has 1 aliphatic rings. The molecule has 0 aliphatic heterocycles. The Hall–Kier alpha value is -3.58. The largest absolute Gasteiger partial charge is 0.493 e. The van der Waals surface area contributed by atoms with E-state index in [1.807, 2.05) is 0 Å². The summed E-state index contributed by atoms with van der Waals surface area (Å²) in [6.07, 6.45) is 3.45. The molecule has 1 aliphatic carbocycles. The minimum Gasteiger partial charge on any atom is -0.493 e. The van der Waals surface area contributed by atoms with Crippen molar-refractivity contribution in [1.29, 1.82) is 0 Å². The maximum atomic E-state index is 14.9. The van der Waals surface area contributed by atoms with Crippen LogP contribution in [0.15, 0.2) is 67.3 Å². The van der Waals surface area contributed by atoms with Gasteiger partial charge in [-0.15, -0.1) is 6.58 Å². The first-order valence-corrected chi connectivity index (χ1v) is 12.8. The fourth-order valence-corrected chi connectivity index (χ4v) is 4.77. The number of hydrogen-bond acceptors (Lipinski definition) is 4. The summed E-state index contributed by atoms with van der Waals surface area (Å²) in [5.74, 6) is -3.22. The molecule has 38 heavy (non-hydrogen) atoms. The molecule has 1 N–H and O–H groups in total. The smallest absolute Gasteiger partial charge is 0.341 e. The van der Waals surface area contributed by atoms with Gasteiger partial charge in [0.2, 0.25) is 0 Å². The molecule has 4 rings (SSSR count). The highest BCUT2D eigenvalue weighted by Gasteiger charge is 2.29. The van der Waals surface area contributed by atoms with Gasteiger partial charge in [-0.3, -0.25) is 0 Å². The maximum absolute atomic E-state index is 14.9. The Labute approximate surface area is 220 Å². The van der Waals surface area contributed by atoms with Crippen molar-refractivity contribution in [2.24, 2.45) is 0 Å². The van der Waals surface area contributed by atoms with E-state index in [-0.39, 0.29) is 17.3 Å². The van der Waals surface area contributed by atoms with E-state index in [1.165, 1.54) is 18.2 Å². The predicted octanol–water partition coefficient (Wildman–Crippen LogP) is 7.66. The average molecular weight is 525 g/mol. The van der Waals surface area contributed by atoms with E-state index in [0.29, 0.717) is 61.2 Å². The number of ether oxygens (including phenoxy) is 2. The van der Waals surface area contributed by atoms with Gasteiger partial charge in [0.15, 0.2) is 11.6 Å². The van der Waals surface area contributed by atoms with Crippen molar-refractivity contribution in [2.45, 2.75) is 57.2 Å². The molecule has 4 nitrogen and oxygen atoms in total. The summed E-state index contributed by atoms with van der Waals surface area (Å²) in [7, 11) is 0. The molecule has 1 atom stereocenters. The molecule has 200 valence electrons. The lowest BCUT2D eigenvalue weighted by atomic mass is 9.82. The van der Waals surface area contributed by atoms with Crippen LogP contribution in [0.3, 0.4) is 0 Å². The summed E-state index contributed by atoms with van der Waals surface area (Å²) in [5, 5.41) is 9.63. The summed E-state index contributed by atoms with van der Waals surface area (Å²) >= 11 is 0. The predicted molar refractivity (Wildman–Crippen MR) is 140 cm³/mol. The number of carbonyl (C=O) groups excluding carboxylic acids is 1. The first-order valence-electron chi connectivity index (χ1n) is 12.8. The van der Waals surface area contributed by atoms with Crippen molar-refractivity contribution in [3.05, 3.63) is 101 Å². The molecule has 7 heteroatoms. The van der Waals surface area contributed by atoms with Crippen LogP contribution in [0.5, 0.6) is 5.75 Å². The molecule has 1 unspecified atom stereocenters. The van der Waals surface area contributed by atoms with Crippen LogP contribution in [-0.4, -0.2) is 23.8 Å². The molecular weight excluding hydrogens is 493 g/mol. The highest BCUT2D eigenvalue weighted by Crippen LogP contribution is 2.37. The van der Waals surface area contributed by atoms with E-state index in [4.69, 9.17) is 9.47 Å². The van der Waals surface area contributed by atoms with Gasteiger partial charge in [0.1, 0.15) is 17.7 Å². The third-order valence-corrected chi connectivity index (χ3v) is 6.96. The van der Waals surface area contributed by atoms with Crippen molar-refractivity contribution in [3.8, 4) is 16.9 Å².